The second-order valence-electron chi connectivity index (χ2n) is 6.09. The van der Waals surface area contributed by atoms with E-state index in [2.05, 4.69) is 19.0 Å². The number of nitrogens with zero attached hydrogens (tertiary/aromatic N) is 1. The molecule has 1 aliphatic carbocycles. The van der Waals surface area contributed by atoms with Gasteiger partial charge in [0.25, 0.3) is 0 Å². The van der Waals surface area contributed by atoms with Crippen molar-refractivity contribution in [3.8, 4) is 5.75 Å². The van der Waals surface area contributed by atoms with E-state index >= 15 is 0 Å². The van der Waals surface area contributed by atoms with Crippen LogP contribution in [0.25, 0.3) is 0 Å². The van der Waals surface area contributed by atoms with Gasteiger partial charge < -0.3 is 14.7 Å². The molecule has 3 heteroatoms. The molecule has 0 amide bonds. The molecular weight excluding hydrogens is 250 g/mol. The molecule has 1 aliphatic rings. The van der Waals surface area contributed by atoms with Crippen LogP contribution in [0.15, 0.2) is 24.3 Å². The van der Waals surface area contributed by atoms with Crippen molar-refractivity contribution >= 4 is 0 Å². The summed E-state index contributed by atoms with van der Waals surface area (Å²) in [7, 11) is 4.15. The van der Waals surface area contributed by atoms with Crippen molar-refractivity contribution in [1.82, 2.24) is 4.90 Å². The fourth-order valence-electron chi connectivity index (χ4n) is 3.31. The average molecular weight is 277 g/mol. The van der Waals surface area contributed by atoms with Gasteiger partial charge in [0.15, 0.2) is 0 Å². The van der Waals surface area contributed by atoms with Crippen molar-refractivity contribution in [2.75, 3.05) is 27.2 Å². The molecule has 1 aromatic carbocycles. The Hall–Kier alpha value is -1.06. The molecule has 112 valence electrons. The molecule has 0 radical (unpaired) electrons. The summed E-state index contributed by atoms with van der Waals surface area (Å²) in [6.45, 7) is 3.56. The lowest BCUT2D eigenvalue weighted by molar-refractivity contribution is -0.0619. The van der Waals surface area contributed by atoms with Gasteiger partial charge in [-0.1, -0.05) is 25.0 Å². The SMILES string of the molecule is CCOc1cccc([C@@]2(O)CCCC[C@@H]2CN(C)C)c1. The Morgan fingerprint density at radius 3 is 2.85 bits per heavy atom. The number of benzene rings is 1. The van der Waals surface area contributed by atoms with E-state index in [4.69, 9.17) is 4.74 Å². The summed E-state index contributed by atoms with van der Waals surface area (Å²) in [5.74, 6) is 1.15. The highest BCUT2D eigenvalue weighted by molar-refractivity contribution is 5.33. The minimum absolute atomic E-state index is 0.295. The second-order valence-corrected chi connectivity index (χ2v) is 6.09. The van der Waals surface area contributed by atoms with Gasteiger partial charge in [0.05, 0.1) is 12.2 Å². The summed E-state index contributed by atoms with van der Waals surface area (Å²) in [6.07, 6.45) is 4.25. The first-order chi connectivity index (χ1) is 9.56. The number of aliphatic hydroxyl groups is 1. The average Bonchev–Trinajstić information content (AvgIpc) is 2.42. The molecule has 3 nitrogen and oxygen atoms in total. The van der Waals surface area contributed by atoms with Gasteiger partial charge in [-0.05, 0) is 51.6 Å². The maximum absolute atomic E-state index is 11.3. The molecule has 0 spiro atoms. The molecule has 1 fully saturated rings. The van der Waals surface area contributed by atoms with Crippen molar-refractivity contribution in [3.05, 3.63) is 29.8 Å². The predicted octanol–water partition coefficient (Wildman–Crippen LogP) is 3.02. The van der Waals surface area contributed by atoms with Crippen molar-refractivity contribution in [1.29, 1.82) is 0 Å². The summed E-state index contributed by atoms with van der Waals surface area (Å²) >= 11 is 0. The van der Waals surface area contributed by atoms with Crippen molar-refractivity contribution in [2.24, 2.45) is 5.92 Å². The number of hydrogen-bond acceptors (Lipinski definition) is 3. The Kier molecular flexibility index (Phi) is 5.06. The third-order valence-corrected chi connectivity index (χ3v) is 4.27. The van der Waals surface area contributed by atoms with Gasteiger partial charge in [0, 0.05) is 12.5 Å². The molecular formula is C17H27NO2. The summed E-state index contributed by atoms with van der Waals surface area (Å²) in [5.41, 5.74) is 0.297. The molecule has 20 heavy (non-hydrogen) atoms. The van der Waals surface area contributed by atoms with Crippen LogP contribution in [-0.4, -0.2) is 37.3 Å². The van der Waals surface area contributed by atoms with E-state index in [0.29, 0.717) is 12.5 Å². The van der Waals surface area contributed by atoms with Crippen molar-refractivity contribution < 1.29 is 9.84 Å². The molecule has 1 saturated carbocycles. The largest absolute Gasteiger partial charge is 0.494 e. The van der Waals surface area contributed by atoms with E-state index in [0.717, 1.165) is 37.1 Å². The number of rotatable bonds is 5. The topological polar surface area (TPSA) is 32.7 Å². The molecule has 0 saturated heterocycles. The Morgan fingerprint density at radius 2 is 2.15 bits per heavy atom. The third kappa shape index (κ3) is 3.33. The van der Waals surface area contributed by atoms with E-state index in [1.165, 1.54) is 6.42 Å². The van der Waals surface area contributed by atoms with Crippen LogP contribution in [-0.2, 0) is 5.60 Å². The van der Waals surface area contributed by atoms with Gasteiger partial charge in [-0.2, -0.15) is 0 Å². The van der Waals surface area contributed by atoms with E-state index in [-0.39, 0.29) is 0 Å². The van der Waals surface area contributed by atoms with Crippen LogP contribution in [0.3, 0.4) is 0 Å². The molecule has 0 aromatic heterocycles. The number of hydrogen-bond donors (Lipinski definition) is 1. The zero-order valence-electron chi connectivity index (χ0n) is 12.9. The highest BCUT2D eigenvalue weighted by Gasteiger charge is 2.40. The first-order valence-electron chi connectivity index (χ1n) is 7.66. The van der Waals surface area contributed by atoms with Gasteiger partial charge >= 0.3 is 0 Å². The van der Waals surface area contributed by atoms with E-state index < -0.39 is 5.60 Å². The van der Waals surface area contributed by atoms with Crippen LogP contribution in [0.2, 0.25) is 0 Å². The van der Waals surface area contributed by atoms with Gasteiger partial charge in [0.1, 0.15) is 5.75 Å². The molecule has 0 heterocycles. The maximum atomic E-state index is 11.3. The lowest BCUT2D eigenvalue weighted by atomic mass is 9.71. The highest BCUT2D eigenvalue weighted by Crippen LogP contribution is 2.42. The third-order valence-electron chi connectivity index (χ3n) is 4.27. The molecule has 1 aromatic rings. The fraction of sp³-hybridized carbons (Fsp3) is 0.647. The smallest absolute Gasteiger partial charge is 0.119 e. The Balaban J connectivity index is 2.27. The quantitative estimate of drug-likeness (QED) is 0.898. The van der Waals surface area contributed by atoms with Crippen LogP contribution in [0.5, 0.6) is 5.75 Å². The van der Waals surface area contributed by atoms with Crippen LogP contribution >= 0.6 is 0 Å². The Morgan fingerprint density at radius 1 is 1.35 bits per heavy atom. The Bertz CT molecular complexity index is 433. The zero-order chi connectivity index (χ0) is 14.6. The molecule has 0 aliphatic heterocycles. The lowest BCUT2D eigenvalue weighted by Gasteiger charge is -2.41. The van der Waals surface area contributed by atoms with Crippen LogP contribution in [0.4, 0.5) is 0 Å². The van der Waals surface area contributed by atoms with E-state index in [1.54, 1.807) is 0 Å². The first-order valence-corrected chi connectivity index (χ1v) is 7.66. The predicted molar refractivity (Wildman–Crippen MR) is 82.0 cm³/mol. The number of ether oxygens (including phenoxy) is 1. The summed E-state index contributed by atoms with van der Waals surface area (Å²) in [6, 6.07) is 7.99. The highest BCUT2D eigenvalue weighted by atomic mass is 16.5. The van der Waals surface area contributed by atoms with Crippen molar-refractivity contribution in [2.45, 2.75) is 38.2 Å². The summed E-state index contributed by atoms with van der Waals surface area (Å²) in [4.78, 5) is 2.17. The maximum Gasteiger partial charge on any atom is 0.119 e. The Labute approximate surface area is 122 Å². The van der Waals surface area contributed by atoms with Crippen LogP contribution in [0.1, 0.15) is 38.2 Å². The fourth-order valence-corrected chi connectivity index (χ4v) is 3.31. The lowest BCUT2D eigenvalue weighted by Crippen LogP contribution is -2.43. The van der Waals surface area contributed by atoms with Crippen LogP contribution in [0, 0.1) is 5.92 Å². The second kappa shape index (κ2) is 6.59. The molecule has 2 atom stereocenters. The minimum Gasteiger partial charge on any atom is -0.494 e. The molecule has 0 unspecified atom stereocenters. The molecule has 0 bridgehead atoms. The first kappa shape index (κ1) is 15.3. The van der Waals surface area contributed by atoms with Gasteiger partial charge in [-0.15, -0.1) is 0 Å². The summed E-state index contributed by atoms with van der Waals surface area (Å²) < 4.78 is 5.58. The van der Waals surface area contributed by atoms with Gasteiger partial charge in [-0.25, -0.2) is 0 Å². The van der Waals surface area contributed by atoms with E-state index in [1.807, 2.05) is 31.2 Å². The summed E-state index contributed by atoms with van der Waals surface area (Å²) in [5, 5.41) is 11.3. The monoisotopic (exact) mass is 277 g/mol. The van der Waals surface area contributed by atoms with Gasteiger partial charge in [-0.3, -0.25) is 0 Å². The molecule has 2 rings (SSSR count). The minimum atomic E-state index is -0.713. The molecule has 1 N–H and O–H groups in total. The van der Waals surface area contributed by atoms with Crippen LogP contribution < -0.4 is 4.74 Å². The van der Waals surface area contributed by atoms with E-state index in [9.17, 15) is 5.11 Å². The van der Waals surface area contributed by atoms with Crippen molar-refractivity contribution in [3.63, 3.8) is 0 Å². The zero-order valence-corrected chi connectivity index (χ0v) is 12.9. The normalized spacial score (nSPS) is 26.8. The van der Waals surface area contributed by atoms with Gasteiger partial charge in [0.2, 0.25) is 0 Å². The standard InChI is InChI=1S/C17H27NO2/c1-4-20-16-10-7-9-14(12-16)17(19)11-6-5-8-15(17)13-18(2)3/h7,9-10,12,15,19H,4-6,8,11,13H2,1-3H3/t15-,17+/m1/s1.